The Balaban J connectivity index is 1.85. The molecule has 1 aliphatic heterocycles. The van der Waals surface area contributed by atoms with E-state index < -0.39 is 4.92 Å². The van der Waals surface area contributed by atoms with Crippen LogP contribution in [0, 0.1) is 10.1 Å². The van der Waals surface area contributed by atoms with Gasteiger partial charge >= 0.3 is 0 Å². The highest BCUT2D eigenvalue weighted by atomic mass is 32.2. The van der Waals surface area contributed by atoms with Gasteiger partial charge in [0.25, 0.3) is 5.69 Å². The van der Waals surface area contributed by atoms with Crippen LogP contribution in [0.15, 0.2) is 47.4 Å². The average molecular weight is 330 g/mol. The molecule has 1 heterocycles. The van der Waals surface area contributed by atoms with Crippen molar-refractivity contribution >= 4 is 29.0 Å². The number of methoxy groups -OCH3 is 1. The van der Waals surface area contributed by atoms with E-state index in [1.54, 1.807) is 17.8 Å². The monoisotopic (exact) mass is 330 g/mol. The molecule has 23 heavy (non-hydrogen) atoms. The number of hydrogen-bond donors (Lipinski definition) is 1. The minimum absolute atomic E-state index is 0.176. The Morgan fingerprint density at radius 3 is 2.87 bits per heavy atom. The molecule has 2 aromatic rings. The number of anilines is 1. The van der Waals surface area contributed by atoms with Crippen molar-refractivity contribution in [1.29, 1.82) is 0 Å². The van der Waals surface area contributed by atoms with Gasteiger partial charge in [-0.15, -0.1) is 11.8 Å². The van der Waals surface area contributed by atoms with Gasteiger partial charge in [-0.05, 0) is 23.8 Å². The third-order valence-corrected chi connectivity index (χ3v) is 4.86. The molecule has 0 aliphatic carbocycles. The van der Waals surface area contributed by atoms with Gasteiger partial charge in [-0.25, -0.2) is 0 Å². The van der Waals surface area contributed by atoms with E-state index in [4.69, 9.17) is 4.74 Å². The van der Waals surface area contributed by atoms with E-state index in [2.05, 4.69) is 5.32 Å². The lowest BCUT2D eigenvalue weighted by molar-refractivity contribution is -0.384. The standard InChI is InChI=1S/C16H14N2O4S/c1-22-10-6-7-13(14(8-10)18(20)21)17-16(19)12-9-23-15-5-3-2-4-11(12)15/h2-8,12H,9H2,1H3,(H,17,19)/t12-/m1/s1. The predicted molar refractivity (Wildman–Crippen MR) is 88.2 cm³/mol. The Labute approximate surface area is 137 Å². The summed E-state index contributed by atoms with van der Waals surface area (Å²) in [6, 6.07) is 12.1. The average Bonchev–Trinajstić information content (AvgIpc) is 2.99. The Bertz CT molecular complexity index is 778. The number of thioether (sulfide) groups is 1. The SMILES string of the molecule is COc1ccc(NC(=O)[C@@H]2CSc3ccccc32)c([N+](=O)[O-])c1. The molecule has 0 aromatic heterocycles. The highest BCUT2D eigenvalue weighted by molar-refractivity contribution is 7.99. The number of nitro groups is 1. The summed E-state index contributed by atoms with van der Waals surface area (Å²) in [6.07, 6.45) is 0. The second kappa shape index (κ2) is 6.29. The van der Waals surface area contributed by atoms with E-state index in [9.17, 15) is 14.9 Å². The third-order valence-electron chi connectivity index (χ3n) is 3.68. The number of nitro benzene ring substituents is 1. The molecule has 0 radical (unpaired) electrons. The van der Waals surface area contributed by atoms with Crippen LogP contribution in [-0.4, -0.2) is 23.7 Å². The molecule has 1 N–H and O–H groups in total. The van der Waals surface area contributed by atoms with Crippen LogP contribution >= 0.6 is 11.8 Å². The third kappa shape index (κ3) is 3.00. The van der Waals surface area contributed by atoms with Crippen LogP contribution in [0.1, 0.15) is 11.5 Å². The van der Waals surface area contributed by atoms with E-state index in [0.717, 1.165) is 10.5 Å². The van der Waals surface area contributed by atoms with Gasteiger partial charge in [-0.1, -0.05) is 18.2 Å². The molecule has 1 amide bonds. The first-order chi connectivity index (χ1) is 11.1. The van der Waals surface area contributed by atoms with Crippen molar-refractivity contribution in [2.24, 2.45) is 0 Å². The van der Waals surface area contributed by atoms with Gasteiger partial charge in [0.1, 0.15) is 11.4 Å². The van der Waals surface area contributed by atoms with Crippen molar-refractivity contribution < 1.29 is 14.5 Å². The van der Waals surface area contributed by atoms with Crippen LogP contribution < -0.4 is 10.1 Å². The number of amides is 1. The van der Waals surface area contributed by atoms with Gasteiger partial charge in [0.15, 0.2) is 0 Å². The van der Waals surface area contributed by atoms with Crippen molar-refractivity contribution in [1.82, 2.24) is 0 Å². The van der Waals surface area contributed by atoms with Crippen LogP contribution in [0.4, 0.5) is 11.4 Å². The summed E-state index contributed by atoms with van der Waals surface area (Å²) in [5.41, 5.74) is 0.956. The normalized spacial score (nSPS) is 15.8. The largest absolute Gasteiger partial charge is 0.496 e. The molecule has 2 aromatic carbocycles. The molecule has 0 spiro atoms. The number of fused-ring (bicyclic) bond motifs is 1. The van der Waals surface area contributed by atoms with E-state index in [1.807, 2.05) is 24.3 Å². The summed E-state index contributed by atoms with van der Waals surface area (Å²) in [5.74, 6) is 0.458. The molecule has 7 heteroatoms. The lowest BCUT2D eigenvalue weighted by Crippen LogP contribution is -2.21. The Kier molecular flexibility index (Phi) is 4.20. The lowest BCUT2D eigenvalue weighted by atomic mass is 10.0. The van der Waals surface area contributed by atoms with E-state index in [-0.39, 0.29) is 23.2 Å². The second-order valence-electron chi connectivity index (χ2n) is 5.03. The molecule has 1 atom stereocenters. The topological polar surface area (TPSA) is 81.5 Å². The first-order valence-electron chi connectivity index (χ1n) is 6.95. The number of ether oxygens (including phenoxy) is 1. The summed E-state index contributed by atoms with van der Waals surface area (Å²) in [4.78, 5) is 24.3. The zero-order valence-corrected chi connectivity index (χ0v) is 13.1. The summed E-state index contributed by atoms with van der Waals surface area (Å²) >= 11 is 1.62. The number of hydrogen-bond acceptors (Lipinski definition) is 5. The summed E-state index contributed by atoms with van der Waals surface area (Å²) in [5, 5.41) is 13.9. The van der Waals surface area contributed by atoms with Gasteiger partial charge < -0.3 is 10.1 Å². The molecule has 0 bridgehead atoms. The molecule has 0 fully saturated rings. The van der Waals surface area contributed by atoms with Gasteiger partial charge in [-0.2, -0.15) is 0 Å². The number of nitrogens with one attached hydrogen (secondary N) is 1. The minimum Gasteiger partial charge on any atom is -0.496 e. The summed E-state index contributed by atoms with van der Waals surface area (Å²) in [6.45, 7) is 0. The first kappa shape index (κ1) is 15.4. The highest BCUT2D eigenvalue weighted by Gasteiger charge is 2.30. The number of rotatable bonds is 4. The van der Waals surface area contributed by atoms with E-state index in [1.165, 1.54) is 19.2 Å². The van der Waals surface area contributed by atoms with Crippen molar-refractivity contribution in [2.75, 3.05) is 18.2 Å². The molecular formula is C16H14N2O4S. The van der Waals surface area contributed by atoms with Gasteiger partial charge in [-0.3, -0.25) is 14.9 Å². The van der Waals surface area contributed by atoms with Crippen molar-refractivity contribution in [3.8, 4) is 5.75 Å². The highest BCUT2D eigenvalue weighted by Crippen LogP contribution is 2.40. The Hall–Kier alpha value is -2.54. The fourth-order valence-corrected chi connectivity index (χ4v) is 3.72. The van der Waals surface area contributed by atoms with Crippen molar-refractivity contribution in [3.63, 3.8) is 0 Å². The number of carbonyl (C=O) groups excluding carboxylic acids is 1. The fraction of sp³-hybridized carbons (Fsp3) is 0.188. The Morgan fingerprint density at radius 2 is 2.13 bits per heavy atom. The molecule has 6 nitrogen and oxygen atoms in total. The summed E-state index contributed by atoms with van der Waals surface area (Å²) < 4.78 is 4.99. The van der Waals surface area contributed by atoms with Crippen LogP contribution in [0.3, 0.4) is 0 Å². The molecule has 0 saturated carbocycles. The van der Waals surface area contributed by atoms with Crippen molar-refractivity contribution in [2.45, 2.75) is 10.8 Å². The first-order valence-corrected chi connectivity index (χ1v) is 7.93. The van der Waals surface area contributed by atoms with Crippen LogP contribution in [0.5, 0.6) is 5.75 Å². The van der Waals surface area contributed by atoms with E-state index >= 15 is 0 Å². The zero-order chi connectivity index (χ0) is 16.4. The number of carbonyl (C=O) groups is 1. The van der Waals surface area contributed by atoms with Crippen molar-refractivity contribution in [3.05, 3.63) is 58.1 Å². The molecule has 0 saturated heterocycles. The van der Waals surface area contributed by atoms with E-state index in [0.29, 0.717) is 11.5 Å². The van der Waals surface area contributed by atoms with Crippen LogP contribution in [0.2, 0.25) is 0 Å². The fourth-order valence-electron chi connectivity index (χ4n) is 2.49. The molecule has 0 unspecified atom stereocenters. The Morgan fingerprint density at radius 1 is 1.35 bits per heavy atom. The maximum atomic E-state index is 12.5. The van der Waals surface area contributed by atoms with Gasteiger partial charge in [0, 0.05) is 10.6 Å². The maximum absolute atomic E-state index is 12.5. The molecule has 3 rings (SSSR count). The molecule has 118 valence electrons. The number of benzene rings is 2. The predicted octanol–water partition coefficient (Wildman–Crippen LogP) is 3.43. The lowest BCUT2D eigenvalue weighted by Gasteiger charge is -2.12. The summed E-state index contributed by atoms with van der Waals surface area (Å²) in [7, 11) is 1.43. The minimum atomic E-state index is -0.532. The second-order valence-corrected chi connectivity index (χ2v) is 6.09. The smallest absolute Gasteiger partial charge is 0.296 e. The van der Waals surface area contributed by atoms with Crippen LogP contribution in [-0.2, 0) is 4.79 Å². The van der Waals surface area contributed by atoms with Crippen LogP contribution in [0.25, 0.3) is 0 Å². The van der Waals surface area contributed by atoms with Gasteiger partial charge in [0.05, 0.1) is 24.0 Å². The quantitative estimate of drug-likeness (QED) is 0.686. The molecular weight excluding hydrogens is 316 g/mol. The van der Waals surface area contributed by atoms with Gasteiger partial charge in [0.2, 0.25) is 5.91 Å². The zero-order valence-electron chi connectivity index (χ0n) is 12.3. The molecule has 1 aliphatic rings. The number of nitrogens with zero attached hydrogens (tertiary/aromatic N) is 1. The maximum Gasteiger partial charge on any atom is 0.296 e.